The van der Waals surface area contributed by atoms with E-state index in [0.717, 1.165) is 91.5 Å². The molecule has 1 heterocycles. The minimum absolute atomic E-state index is 0.354. The van der Waals surface area contributed by atoms with Crippen LogP contribution in [-0.2, 0) is 49.4 Å². The molecule has 4 heteroatoms. The van der Waals surface area contributed by atoms with Gasteiger partial charge in [-0.3, -0.25) is 0 Å². The van der Waals surface area contributed by atoms with Crippen molar-refractivity contribution in [2.45, 2.75) is 130 Å². The number of phenols is 2. The summed E-state index contributed by atoms with van der Waals surface area (Å²) < 4.78 is 13.2. The number of hydrogen-bond donors (Lipinski definition) is 2. The maximum absolute atomic E-state index is 11.8. The first-order valence-corrected chi connectivity index (χ1v) is 19.2. The Labute approximate surface area is 300 Å². The molecule has 2 N–H and O–H groups in total. The van der Waals surface area contributed by atoms with E-state index in [2.05, 4.69) is 104 Å². The van der Waals surface area contributed by atoms with E-state index in [1.54, 1.807) is 0 Å². The molecular formula is C46H58O4. The largest absolute Gasteiger partial charge is 0.507 e. The first-order valence-electron chi connectivity index (χ1n) is 19.2. The molecule has 1 aliphatic carbocycles. The van der Waals surface area contributed by atoms with Gasteiger partial charge in [0, 0.05) is 23.7 Å². The van der Waals surface area contributed by atoms with Crippen LogP contribution in [0.5, 0.6) is 23.0 Å². The summed E-state index contributed by atoms with van der Waals surface area (Å²) in [7, 11) is 0. The van der Waals surface area contributed by atoms with Gasteiger partial charge in [0.1, 0.15) is 36.2 Å². The molecule has 4 aromatic carbocycles. The Bertz CT molecular complexity index is 1740. The zero-order valence-electron chi connectivity index (χ0n) is 31.8. The average molecular weight is 675 g/mol. The van der Waals surface area contributed by atoms with Gasteiger partial charge in [-0.2, -0.15) is 0 Å². The van der Waals surface area contributed by atoms with Crippen LogP contribution in [0.15, 0.2) is 48.5 Å². The van der Waals surface area contributed by atoms with Crippen LogP contribution in [0.25, 0.3) is 0 Å². The molecule has 0 aromatic heterocycles. The molecule has 8 bridgehead atoms. The highest BCUT2D eigenvalue weighted by atomic mass is 16.5. The predicted octanol–water partition coefficient (Wildman–Crippen LogP) is 10.8. The summed E-state index contributed by atoms with van der Waals surface area (Å²) in [5, 5.41) is 23.6. The van der Waals surface area contributed by atoms with Gasteiger partial charge in [0.2, 0.25) is 0 Å². The molecule has 0 spiro atoms. The van der Waals surface area contributed by atoms with Crippen LogP contribution in [0, 0.1) is 0 Å². The maximum atomic E-state index is 11.8. The van der Waals surface area contributed by atoms with E-state index in [4.69, 9.17) is 9.47 Å². The Morgan fingerprint density at radius 1 is 0.460 bits per heavy atom. The topological polar surface area (TPSA) is 58.9 Å². The smallest absolute Gasteiger partial charge is 0.126 e. The van der Waals surface area contributed by atoms with Crippen molar-refractivity contribution in [1.82, 2.24) is 0 Å². The Hall–Kier alpha value is -3.92. The van der Waals surface area contributed by atoms with Crippen molar-refractivity contribution >= 4 is 0 Å². The van der Waals surface area contributed by atoms with Gasteiger partial charge in [0.25, 0.3) is 0 Å². The maximum Gasteiger partial charge on any atom is 0.126 e. The summed E-state index contributed by atoms with van der Waals surface area (Å²) in [5.41, 5.74) is 12.7. The van der Waals surface area contributed by atoms with E-state index in [9.17, 15) is 10.2 Å². The molecule has 4 nitrogen and oxygen atoms in total. The fourth-order valence-electron chi connectivity index (χ4n) is 8.24. The van der Waals surface area contributed by atoms with Gasteiger partial charge in [0.15, 0.2) is 0 Å². The number of aromatic hydroxyl groups is 2. The third kappa shape index (κ3) is 6.63. The molecule has 2 aliphatic rings. The van der Waals surface area contributed by atoms with Gasteiger partial charge in [-0.25, -0.2) is 0 Å². The van der Waals surface area contributed by atoms with E-state index in [0.29, 0.717) is 31.1 Å². The van der Waals surface area contributed by atoms with Crippen LogP contribution in [0.1, 0.15) is 148 Å². The molecule has 1 aliphatic heterocycles. The first-order chi connectivity index (χ1) is 23.9. The standard InChI is InChI=1S/C46H58O4/c1-9-13-29-21-37-25-33(41(29)47)19-34-26-38(22-30(14-10-2)42(34)48)46(7,8)40-24-32(16-12-4)44-36(28-40)20-35-27-39(45(37,5)6)23-31(15-11-3)43(35)49-17-18-50-44/h21-28,47-48H,9-20H2,1-8H3. The molecule has 0 atom stereocenters. The van der Waals surface area contributed by atoms with Crippen LogP contribution >= 0.6 is 0 Å². The SMILES string of the molecule is CCCc1cc2cc(c1O)Cc1cc(cc(CCC)c1O)C(C)(C)c1cc(CCC)c3c(c1)Cc1cc(cc(CCC)c1OCCO3)C2(C)C. The molecule has 0 radical (unpaired) electrons. The summed E-state index contributed by atoms with van der Waals surface area (Å²) >= 11 is 0. The zero-order chi connectivity index (χ0) is 35.8. The minimum Gasteiger partial charge on any atom is -0.507 e. The molecule has 0 unspecified atom stereocenters. The van der Waals surface area contributed by atoms with Crippen molar-refractivity contribution in [1.29, 1.82) is 0 Å². The number of benzene rings is 4. The first kappa shape index (κ1) is 35.9. The van der Waals surface area contributed by atoms with Gasteiger partial charge in [-0.05, 0) is 92.4 Å². The van der Waals surface area contributed by atoms with E-state index in [1.165, 1.54) is 44.5 Å². The Morgan fingerprint density at radius 3 is 1.12 bits per heavy atom. The van der Waals surface area contributed by atoms with Crippen molar-refractivity contribution in [2.24, 2.45) is 0 Å². The van der Waals surface area contributed by atoms with Crippen molar-refractivity contribution in [2.75, 3.05) is 13.2 Å². The van der Waals surface area contributed by atoms with Gasteiger partial charge in [0.05, 0.1) is 0 Å². The predicted molar refractivity (Wildman–Crippen MR) is 206 cm³/mol. The Morgan fingerprint density at radius 2 is 0.760 bits per heavy atom. The fraction of sp³-hybridized carbons (Fsp3) is 0.478. The van der Waals surface area contributed by atoms with Crippen LogP contribution in [0.4, 0.5) is 0 Å². The third-order valence-electron chi connectivity index (χ3n) is 11.3. The summed E-state index contributed by atoms with van der Waals surface area (Å²) in [6.07, 6.45) is 8.55. The van der Waals surface area contributed by atoms with E-state index in [-0.39, 0.29) is 10.8 Å². The highest BCUT2D eigenvalue weighted by Crippen LogP contribution is 2.45. The summed E-state index contributed by atoms with van der Waals surface area (Å²) in [5.74, 6) is 2.73. The van der Waals surface area contributed by atoms with Crippen LogP contribution < -0.4 is 9.47 Å². The van der Waals surface area contributed by atoms with Gasteiger partial charge in [-0.1, -0.05) is 130 Å². The van der Waals surface area contributed by atoms with Crippen molar-refractivity contribution in [3.8, 4) is 23.0 Å². The average Bonchev–Trinajstić information content (AvgIpc) is 3.16. The molecule has 4 aromatic rings. The number of hydrogen-bond acceptors (Lipinski definition) is 4. The quantitative estimate of drug-likeness (QED) is 0.195. The third-order valence-corrected chi connectivity index (χ3v) is 11.3. The number of rotatable bonds is 8. The van der Waals surface area contributed by atoms with Crippen molar-refractivity contribution < 1.29 is 19.7 Å². The van der Waals surface area contributed by atoms with Crippen LogP contribution in [0.3, 0.4) is 0 Å². The Kier molecular flexibility index (Phi) is 10.3. The number of aryl methyl sites for hydroxylation is 4. The van der Waals surface area contributed by atoms with Crippen molar-refractivity contribution in [3.05, 3.63) is 115 Å². The molecular weight excluding hydrogens is 617 g/mol. The van der Waals surface area contributed by atoms with Crippen molar-refractivity contribution in [3.63, 3.8) is 0 Å². The summed E-state index contributed by atoms with van der Waals surface area (Å²) in [6, 6.07) is 18.3. The number of fused-ring (bicyclic) bond motifs is 6. The lowest BCUT2D eigenvalue weighted by molar-refractivity contribution is 0.215. The van der Waals surface area contributed by atoms with Crippen LogP contribution in [0.2, 0.25) is 0 Å². The highest BCUT2D eigenvalue weighted by molar-refractivity contribution is 5.59. The van der Waals surface area contributed by atoms with Gasteiger partial charge >= 0.3 is 0 Å². The van der Waals surface area contributed by atoms with Gasteiger partial charge in [-0.15, -0.1) is 0 Å². The zero-order valence-corrected chi connectivity index (χ0v) is 31.8. The molecule has 0 saturated carbocycles. The number of phenolic OH excluding ortho intramolecular Hbond substituents is 2. The minimum atomic E-state index is -0.355. The summed E-state index contributed by atoms with van der Waals surface area (Å²) in [4.78, 5) is 0. The summed E-state index contributed by atoms with van der Waals surface area (Å²) in [6.45, 7) is 19.0. The number of ether oxygens (including phenoxy) is 2. The molecule has 6 rings (SSSR count). The van der Waals surface area contributed by atoms with E-state index >= 15 is 0 Å². The lowest BCUT2D eigenvalue weighted by atomic mass is 9.73. The molecule has 0 saturated heterocycles. The van der Waals surface area contributed by atoms with E-state index in [1.807, 2.05) is 0 Å². The molecule has 0 fully saturated rings. The Balaban J connectivity index is 1.73. The molecule has 50 heavy (non-hydrogen) atoms. The van der Waals surface area contributed by atoms with E-state index < -0.39 is 0 Å². The highest BCUT2D eigenvalue weighted by Gasteiger charge is 2.32. The monoisotopic (exact) mass is 674 g/mol. The molecule has 0 amide bonds. The second-order valence-electron chi connectivity index (χ2n) is 15.8. The molecule has 266 valence electrons. The van der Waals surface area contributed by atoms with Crippen LogP contribution in [-0.4, -0.2) is 23.4 Å². The second kappa shape index (κ2) is 14.4. The normalized spacial score (nSPS) is 15.9. The second-order valence-corrected chi connectivity index (χ2v) is 15.8. The van der Waals surface area contributed by atoms with Gasteiger partial charge < -0.3 is 19.7 Å². The lowest BCUT2D eigenvalue weighted by Crippen LogP contribution is -2.22. The fourth-order valence-corrected chi connectivity index (χ4v) is 8.24. The lowest BCUT2D eigenvalue weighted by Gasteiger charge is -2.31.